The van der Waals surface area contributed by atoms with Crippen LogP contribution < -0.4 is 0 Å². The van der Waals surface area contributed by atoms with Crippen molar-refractivity contribution in [2.45, 2.75) is 33.6 Å². The van der Waals surface area contributed by atoms with Crippen LogP contribution in [0.1, 0.15) is 33.6 Å². The van der Waals surface area contributed by atoms with Gasteiger partial charge < -0.3 is 10.2 Å². The molecule has 2 unspecified atom stereocenters. The predicted octanol–water partition coefficient (Wildman–Crippen LogP) is 1.82. The zero-order valence-corrected chi connectivity index (χ0v) is 9.00. The summed E-state index contributed by atoms with van der Waals surface area (Å²) in [5, 5.41) is 18.4. The van der Waals surface area contributed by atoms with Crippen LogP contribution >= 0.6 is 0 Å². The van der Waals surface area contributed by atoms with E-state index in [0.29, 0.717) is 12.8 Å². The van der Waals surface area contributed by atoms with Crippen molar-refractivity contribution in [2.75, 3.05) is 6.61 Å². The quantitative estimate of drug-likeness (QED) is 0.665. The Labute approximate surface area is 84.4 Å². The zero-order valence-electron chi connectivity index (χ0n) is 9.00. The van der Waals surface area contributed by atoms with Crippen molar-refractivity contribution in [3.63, 3.8) is 0 Å². The Kier molecular flexibility index (Phi) is 3.00. The van der Waals surface area contributed by atoms with Crippen molar-refractivity contribution >= 4 is 5.97 Å². The first kappa shape index (κ1) is 11.2. The number of hydrogen-bond donors (Lipinski definition) is 2. The fourth-order valence-corrected chi connectivity index (χ4v) is 2.13. The maximum Gasteiger partial charge on any atom is 0.310 e. The second-order valence-corrected chi connectivity index (χ2v) is 4.54. The maximum absolute atomic E-state index is 11.2. The van der Waals surface area contributed by atoms with Crippen molar-refractivity contribution in [2.24, 2.45) is 11.3 Å². The molecular formula is C11H18O3. The van der Waals surface area contributed by atoms with E-state index in [-0.39, 0.29) is 12.5 Å². The third-order valence-electron chi connectivity index (χ3n) is 3.52. The Balaban J connectivity index is 3.02. The number of aliphatic hydroxyl groups is 1. The monoisotopic (exact) mass is 198 g/mol. The van der Waals surface area contributed by atoms with Gasteiger partial charge in [0, 0.05) is 12.5 Å². The lowest BCUT2D eigenvalue weighted by molar-refractivity contribution is -0.153. The van der Waals surface area contributed by atoms with Crippen LogP contribution in [0.4, 0.5) is 0 Å². The molecule has 2 atom stereocenters. The molecule has 0 bridgehead atoms. The molecule has 80 valence electrons. The number of carboxylic acid groups (broad SMARTS) is 1. The highest BCUT2D eigenvalue weighted by Crippen LogP contribution is 2.43. The molecule has 14 heavy (non-hydrogen) atoms. The highest BCUT2D eigenvalue weighted by Gasteiger charge is 2.43. The van der Waals surface area contributed by atoms with Gasteiger partial charge in [-0.15, -0.1) is 0 Å². The summed E-state index contributed by atoms with van der Waals surface area (Å²) in [6, 6.07) is 0. The third-order valence-corrected chi connectivity index (χ3v) is 3.52. The Hall–Kier alpha value is -0.830. The lowest BCUT2D eigenvalue weighted by atomic mass is 9.66. The van der Waals surface area contributed by atoms with E-state index >= 15 is 0 Å². The van der Waals surface area contributed by atoms with Gasteiger partial charge in [-0.05, 0) is 33.6 Å². The molecule has 0 aromatic carbocycles. The molecule has 3 nitrogen and oxygen atoms in total. The average molecular weight is 198 g/mol. The smallest absolute Gasteiger partial charge is 0.310 e. The normalized spacial score (nSPS) is 33.3. The van der Waals surface area contributed by atoms with E-state index < -0.39 is 11.4 Å². The standard InChI is InChI=1S/C11H18O3/c1-7-4-9(6-12)11(3,10(13)14)5-8(7)2/h9,12H,4-6H2,1-3H3,(H,13,14). The number of allylic oxidation sites excluding steroid dienone is 2. The average Bonchev–Trinajstić information content (AvgIpc) is 2.11. The fourth-order valence-electron chi connectivity index (χ4n) is 2.13. The van der Waals surface area contributed by atoms with Crippen molar-refractivity contribution in [1.82, 2.24) is 0 Å². The number of carbonyl (C=O) groups is 1. The number of hydrogen-bond acceptors (Lipinski definition) is 2. The molecule has 0 radical (unpaired) electrons. The molecule has 0 spiro atoms. The molecule has 3 heteroatoms. The van der Waals surface area contributed by atoms with E-state index in [1.54, 1.807) is 6.92 Å². The molecule has 0 aromatic heterocycles. The molecule has 2 N–H and O–H groups in total. The highest BCUT2D eigenvalue weighted by atomic mass is 16.4. The van der Waals surface area contributed by atoms with Crippen LogP contribution in [0.2, 0.25) is 0 Å². The van der Waals surface area contributed by atoms with Gasteiger partial charge in [0.1, 0.15) is 0 Å². The van der Waals surface area contributed by atoms with Crippen LogP contribution in [0.15, 0.2) is 11.1 Å². The van der Waals surface area contributed by atoms with Crippen LogP contribution in [-0.4, -0.2) is 22.8 Å². The predicted molar refractivity (Wildman–Crippen MR) is 53.9 cm³/mol. The Bertz CT molecular complexity index is 280. The van der Waals surface area contributed by atoms with Gasteiger partial charge in [-0.3, -0.25) is 4.79 Å². The van der Waals surface area contributed by atoms with Crippen LogP contribution in [0.5, 0.6) is 0 Å². The van der Waals surface area contributed by atoms with Gasteiger partial charge in [-0.2, -0.15) is 0 Å². The van der Waals surface area contributed by atoms with Gasteiger partial charge in [0.25, 0.3) is 0 Å². The molecule has 0 heterocycles. The molecular weight excluding hydrogens is 180 g/mol. The van der Waals surface area contributed by atoms with Crippen molar-refractivity contribution in [1.29, 1.82) is 0 Å². The van der Waals surface area contributed by atoms with E-state index in [1.807, 2.05) is 13.8 Å². The van der Waals surface area contributed by atoms with Gasteiger partial charge in [-0.25, -0.2) is 0 Å². The summed E-state index contributed by atoms with van der Waals surface area (Å²) in [6.45, 7) is 5.67. The van der Waals surface area contributed by atoms with Crippen LogP contribution in [0, 0.1) is 11.3 Å². The van der Waals surface area contributed by atoms with E-state index in [0.717, 1.165) is 5.57 Å². The Morgan fingerprint density at radius 3 is 2.50 bits per heavy atom. The van der Waals surface area contributed by atoms with Crippen molar-refractivity contribution in [3.8, 4) is 0 Å². The summed E-state index contributed by atoms with van der Waals surface area (Å²) < 4.78 is 0. The SMILES string of the molecule is CC1=C(C)CC(C)(C(=O)O)C(CO)C1. The van der Waals surface area contributed by atoms with Gasteiger partial charge >= 0.3 is 5.97 Å². The minimum atomic E-state index is -0.802. The first-order valence-electron chi connectivity index (χ1n) is 4.91. The van der Waals surface area contributed by atoms with Gasteiger partial charge in [0.05, 0.1) is 5.41 Å². The Morgan fingerprint density at radius 1 is 1.50 bits per heavy atom. The number of aliphatic carboxylic acids is 1. The fraction of sp³-hybridized carbons (Fsp3) is 0.727. The van der Waals surface area contributed by atoms with E-state index in [1.165, 1.54) is 5.57 Å². The van der Waals surface area contributed by atoms with Gasteiger partial charge in [0.2, 0.25) is 0 Å². The molecule has 0 saturated carbocycles. The summed E-state index contributed by atoms with van der Waals surface area (Å²) >= 11 is 0. The minimum Gasteiger partial charge on any atom is -0.481 e. The lowest BCUT2D eigenvalue weighted by Crippen LogP contribution is -2.40. The van der Waals surface area contributed by atoms with Crippen molar-refractivity contribution < 1.29 is 15.0 Å². The van der Waals surface area contributed by atoms with Crippen LogP contribution in [-0.2, 0) is 4.79 Å². The van der Waals surface area contributed by atoms with Crippen molar-refractivity contribution in [3.05, 3.63) is 11.1 Å². The number of rotatable bonds is 2. The van der Waals surface area contributed by atoms with Gasteiger partial charge in [0.15, 0.2) is 0 Å². The molecule has 0 aliphatic heterocycles. The second kappa shape index (κ2) is 3.73. The van der Waals surface area contributed by atoms with E-state index in [2.05, 4.69) is 0 Å². The summed E-state index contributed by atoms with van der Waals surface area (Å²) in [5.41, 5.74) is 1.58. The highest BCUT2D eigenvalue weighted by molar-refractivity contribution is 5.75. The summed E-state index contributed by atoms with van der Waals surface area (Å²) in [6.07, 6.45) is 1.25. The largest absolute Gasteiger partial charge is 0.481 e. The van der Waals surface area contributed by atoms with E-state index in [9.17, 15) is 9.90 Å². The first-order chi connectivity index (χ1) is 6.41. The Morgan fingerprint density at radius 2 is 2.07 bits per heavy atom. The molecule has 0 aromatic rings. The summed E-state index contributed by atoms with van der Waals surface area (Å²) in [4.78, 5) is 11.2. The molecule has 0 fully saturated rings. The van der Waals surface area contributed by atoms with Crippen LogP contribution in [0.25, 0.3) is 0 Å². The molecule has 0 amide bonds. The minimum absolute atomic E-state index is 0.0482. The lowest BCUT2D eigenvalue weighted by Gasteiger charge is -2.38. The van der Waals surface area contributed by atoms with E-state index in [4.69, 9.17) is 5.11 Å². The number of aliphatic hydroxyl groups excluding tert-OH is 1. The summed E-state index contributed by atoms with van der Waals surface area (Å²) in [7, 11) is 0. The molecule has 0 saturated heterocycles. The molecule has 1 aliphatic rings. The molecule has 1 rings (SSSR count). The molecule has 1 aliphatic carbocycles. The zero-order chi connectivity index (χ0) is 10.9. The summed E-state index contributed by atoms with van der Waals surface area (Å²) in [5.74, 6) is -0.952. The second-order valence-electron chi connectivity index (χ2n) is 4.54. The third kappa shape index (κ3) is 1.69. The topological polar surface area (TPSA) is 57.5 Å². The number of carboxylic acids is 1. The van der Waals surface area contributed by atoms with Gasteiger partial charge in [-0.1, -0.05) is 11.1 Å². The first-order valence-corrected chi connectivity index (χ1v) is 4.91. The van der Waals surface area contributed by atoms with Crippen LogP contribution in [0.3, 0.4) is 0 Å². The maximum atomic E-state index is 11.2.